The number of phenolic OH excluding ortho intramolecular Hbond substituents is 1. The maximum absolute atomic E-state index is 12.5. The Bertz CT molecular complexity index is 805. The molecule has 0 saturated heterocycles. The number of fused-ring (bicyclic) bond motifs is 1. The molecule has 1 heterocycles. The number of aromatic hydroxyl groups is 1. The molecule has 1 aromatic carbocycles. The van der Waals surface area contributed by atoms with Crippen molar-refractivity contribution in [3.63, 3.8) is 0 Å². The van der Waals surface area contributed by atoms with Crippen molar-refractivity contribution in [3.8, 4) is 5.75 Å². The maximum atomic E-state index is 12.5. The molecule has 174 valence electrons. The smallest absolute Gasteiger partial charge is 0.342 e. The SMILES string of the molecule is CC(C)C[C@H](NC(=O)[C@@H](O)[C@@H](O)[C@@H](N)CC(N)=O)[C@@H]1Cc2cccc(O)c2C(=O)O1.Cl. The first-order valence-corrected chi connectivity index (χ1v) is 9.73. The molecule has 0 unspecified atom stereocenters. The van der Waals surface area contributed by atoms with Gasteiger partial charge in [0, 0.05) is 18.9 Å². The predicted molar refractivity (Wildman–Crippen MR) is 113 cm³/mol. The van der Waals surface area contributed by atoms with Crippen molar-refractivity contribution in [1.29, 1.82) is 0 Å². The van der Waals surface area contributed by atoms with E-state index in [0.717, 1.165) is 0 Å². The number of rotatable bonds is 9. The fourth-order valence-electron chi connectivity index (χ4n) is 3.49. The van der Waals surface area contributed by atoms with E-state index in [1.54, 1.807) is 12.1 Å². The molecular formula is C20H30ClN3O7. The highest BCUT2D eigenvalue weighted by molar-refractivity contribution is 5.95. The number of ether oxygens (including phenoxy) is 1. The third-order valence-electron chi connectivity index (χ3n) is 4.98. The van der Waals surface area contributed by atoms with Gasteiger partial charge in [-0.3, -0.25) is 9.59 Å². The molecule has 8 N–H and O–H groups in total. The molecule has 0 radical (unpaired) electrons. The molecule has 5 atom stereocenters. The van der Waals surface area contributed by atoms with Gasteiger partial charge in [-0.05, 0) is 24.0 Å². The minimum atomic E-state index is -1.90. The summed E-state index contributed by atoms with van der Waals surface area (Å²) in [7, 11) is 0. The summed E-state index contributed by atoms with van der Waals surface area (Å²) < 4.78 is 5.45. The van der Waals surface area contributed by atoms with Crippen LogP contribution in [0.5, 0.6) is 5.75 Å². The van der Waals surface area contributed by atoms with Crippen molar-refractivity contribution in [2.45, 2.75) is 63.5 Å². The van der Waals surface area contributed by atoms with Crippen LogP contribution >= 0.6 is 12.4 Å². The Kier molecular flexibility index (Phi) is 9.70. The lowest BCUT2D eigenvalue weighted by molar-refractivity contribution is -0.138. The van der Waals surface area contributed by atoms with E-state index >= 15 is 0 Å². The number of amides is 2. The van der Waals surface area contributed by atoms with Crippen molar-refractivity contribution < 1.29 is 34.4 Å². The average molecular weight is 460 g/mol. The van der Waals surface area contributed by atoms with Crippen LogP contribution in [0.3, 0.4) is 0 Å². The number of aliphatic hydroxyl groups is 2. The predicted octanol–water partition coefficient (Wildman–Crippen LogP) is -0.649. The van der Waals surface area contributed by atoms with Crippen LogP contribution in [0.1, 0.15) is 42.6 Å². The lowest BCUT2D eigenvalue weighted by Gasteiger charge is -2.34. The monoisotopic (exact) mass is 459 g/mol. The Morgan fingerprint density at radius 2 is 1.94 bits per heavy atom. The first kappa shape index (κ1) is 26.6. The molecule has 0 aromatic heterocycles. The third kappa shape index (κ3) is 6.79. The second kappa shape index (κ2) is 11.3. The van der Waals surface area contributed by atoms with Crippen LogP contribution in [-0.2, 0) is 20.7 Å². The highest BCUT2D eigenvalue weighted by Gasteiger charge is 2.37. The molecule has 1 aliphatic rings. The Balaban J connectivity index is 0.00000480. The van der Waals surface area contributed by atoms with E-state index in [-0.39, 0.29) is 36.1 Å². The summed E-state index contributed by atoms with van der Waals surface area (Å²) in [6.07, 6.45) is -4.06. The van der Waals surface area contributed by atoms with Gasteiger partial charge in [0.1, 0.15) is 23.5 Å². The highest BCUT2D eigenvalue weighted by Crippen LogP contribution is 2.30. The van der Waals surface area contributed by atoms with Crippen molar-refractivity contribution in [3.05, 3.63) is 29.3 Å². The number of nitrogens with two attached hydrogens (primary N) is 2. The lowest BCUT2D eigenvalue weighted by atomic mass is 9.90. The van der Waals surface area contributed by atoms with Crippen molar-refractivity contribution >= 4 is 30.2 Å². The van der Waals surface area contributed by atoms with Gasteiger partial charge in [0.2, 0.25) is 5.91 Å². The summed E-state index contributed by atoms with van der Waals surface area (Å²) in [6.45, 7) is 3.83. The zero-order valence-corrected chi connectivity index (χ0v) is 18.2. The summed E-state index contributed by atoms with van der Waals surface area (Å²) in [6, 6.07) is 2.82. The van der Waals surface area contributed by atoms with Crippen LogP contribution in [-0.4, -0.2) is 63.5 Å². The zero-order chi connectivity index (χ0) is 22.6. The number of cyclic esters (lactones) is 1. The third-order valence-corrected chi connectivity index (χ3v) is 4.98. The summed E-state index contributed by atoms with van der Waals surface area (Å²) in [5.74, 6) is -2.46. The molecular weight excluding hydrogens is 430 g/mol. The van der Waals surface area contributed by atoms with Crippen molar-refractivity contribution in [2.75, 3.05) is 0 Å². The van der Waals surface area contributed by atoms with Gasteiger partial charge >= 0.3 is 5.97 Å². The number of carbonyl (C=O) groups is 3. The van der Waals surface area contributed by atoms with Gasteiger partial charge in [-0.1, -0.05) is 26.0 Å². The number of carbonyl (C=O) groups excluding carboxylic acids is 3. The maximum Gasteiger partial charge on any atom is 0.342 e. The molecule has 1 aromatic rings. The zero-order valence-electron chi connectivity index (χ0n) is 17.4. The second-order valence-corrected chi connectivity index (χ2v) is 7.97. The van der Waals surface area contributed by atoms with Gasteiger partial charge in [0.15, 0.2) is 6.10 Å². The number of aliphatic hydroxyl groups excluding tert-OH is 2. The number of hydrogen-bond acceptors (Lipinski definition) is 8. The molecule has 11 heteroatoms. The minimum Gasteiger partial charge on any atom is -0.507 e. The number of esters is 1. The second-order valence-electron chi connectivity index (χ2n) is 7.97. The van der Waals surface area contributed by atoms with Crippen LogP contribution in [0.4, 0.5) is 0 Å². The Morgan fingerprint density at radius 1 is 1.29 bits per heavy atom. The first-order chi connectivity index (χ1) is 14.0. The summed E-state index contributed by atoms with van der Waals surface area (Å²) in [5.41, 5.74) is 11.3. The molecule has 2 rings (SSSR count). The Labute approximate surface area is 186 Å². The molecule has 31 heavy (non-hydrogen) atoms. The average Bonchev–Trinajstić information content (AvgIpc) is 2.65. The Hall–Kier alpha value is -2.40. The summed E-state index contributed by atoms with van der Waals surface area (Å²) in [5, 5.41) is 32.7. The van der Waals surface area contributed by atoms with Gasteiger partial charge in [0.25, 0.3) is 5.91 Å². The molecule has 0 fully saturated rings. The molecule has 0 bridgehead atoms. The lowest BCUT2D eigenvalue weighted by Crippen LogP contribution is -2.56. The number of primary amides is 1. The number of hydrogen-bond donors (Lipinski definition) is 6. The van der Waals surface area contributed by atoms with Crippen molar-refractivity contribution in [2.24, 2.45) is 17.4 Å². The Morgan fingerprint density at radius 3 is 2.52 bits per heavy atom. The van der Waals surface area contributed by atoms with E-state index < -0.39 is 54.6 Å². The number of benzene rings is 1. The van der Waals surface area contributed by atoms with Gasteiger partial charge in [-0.25, -0.2) is 4.79 Å². The topological polar surface area (TPSA) is 185 Å². The van der Waals surface area contributed by atoms with Crippen LogP contribution in [0, 0.1) is 5.92 Å². The van der Waals surface area contributed by atoms with Crippen LogP contribution < -0.4 is 16.8 Å². The fraction of sp³-hybridized carbons (Fsp3) is 0.550. The number of halogens is 1. The summed E-state index contributed by atoms with van der Waals surface area (Å²) >= 11 is 0. The quantitative estimate of drug-likeness (QED) is 0.263. The van der Waals surface area contributed by atoms with E-state index in [0.29, 0.717) is 12.0 Å². The van der Waals surface area contributed by atoms with Crippen LogP contribution in [0.25, 0.3) is 0 Å². The van der Waals surface area contributed by atoms with Crippen LogP contribution in [0.2, 0.25) is 0 Å². The molecule has 0 saturated carbocycles. The fourth-order valence-corrected chi connectivity index (χ4v) is 3.49. The van der Waals surface area contributed by atoms with E-state index in [4.69, 9.17) is 16.2 Å². The van der Waals surface area contributed by atoms with Gasteiger partial charge in [-0.15, -0.1) is 12.4 Å². The molecule has 0 aliphatic carbocycles. The standard InChI is InChI=1S/C20H29N3O7.ClH/c1-9(2)6-12(23-19(28)18(27)17(26)11(21)8-15(22)25)14-7-10-4-3-5-13(24)16(10)20(29)30-14;/h3-5,9,11-12,14,17-18,24,26-27H,6-8,21H2,1-2H3,(H2,22,25)(H,23,28);1H/t11-,12-,14-,17-,18-;/m0./s1. The minimum absolute atomic E-state index is 0. The highest BCUT2D eigenvalue weighted by atomic mass is 35.5. The van der Waals surface area contributed by atoms with Gasteiger partial charge in [-0.2, -0.15) is 0 Å². The normalized spacial score (nSPS) is 19.3. The number of nitrogens with one attached hydrogen (secondary N) is 1. The van der Waals surface area contributed by atoms with Gasteiger partial charge < -0.3 is 36.8 Å². The van der Waals surface area contributed by atoms with Gasteiger partial charge in [0.05, 0.1) is 6.04 Å². The molecule has 1 aliphatic heterocycles. The molecule has 2 amide bonds. The first-order valence-electron chi connectivity index (χ1n) is 9.73. The van der Waals surface area contributed by atoms with E-state index in [2.05, 4.69) is 5.32 Å². The van der Waals surface area contributed by atoms with Crippen molar-refractivity contribution in [1.82, 2.24) is 5.32 Å². The molecule has 10 nitrogen and oxygen atoms in total. The number of phenols is 1. The van der Waals surface area contributed by atoms with E-state index in [1.165, 1.54) is 6.07 Å². The van der Waals surface area contributed by atoms with E-state index in [1.807, 2.05) is 13.8 Å². The van der Waals surface area contributed by atoms with E-state index in [9.17, 15) is 29.7 Å². The largest absolute Gasteiger partial charge is 0.507 e. The summed E-state index contributed by atoms with van der Waals surface area (Å²) in [4.78, 5) is 35.8. The molecule has 0 spiro atoms. The van der Waals surface area contributed by atoms with Crippen LogP contribution in [0.15, 0.2) is 18.2 Å².